The van der Waals surface area contributed by atoms with Crippen molar-refractivity contribution in [2.75, 3.05) is 12.0 Å². The topological polar surface area (TPSA) is 72.2 Å². The molecule has 2 rings (SSSR count). The molecule has 0 aliphatic carbocycles. The zero-order valence-electron chi connectivity index (χ0n) is 11.3. The lowest BCUT2D eigenvalue weighted by atomic mass is 10.2. The molecular formula is C13H18N2O3S. The van der Waals surface area contributed by atoms with E-state index >= 15 is 0 Å². The van der Waals surface area contributed by atoms with E-state index in [1.54, 1.807) is 0 Å². The summed E-state index contributed by atoms with van der Waals surface area (Å²) in [4.78, 5) is 4.34. The number of nitrogens with one attached hydrogen (secondary N) is 1. The molecule has 0 saturated carbocycles. The first-order chi connectivity index (χ1) is 8.85. The fraction of sp³-hybridized carbons (Fsp3) is 0.462. The van der Waals surface area contributed by atoms with E-state index in [0.717, 1.165) is 16.7 Å². The number of aromatic nitrogens is 1. The van der Waals surface area contributed by atoms with Gasteiger partial charge in [0, 0.05) is 25.8 Å². The largest absolute Gasteiger partial charge is 0.441 e. The van der Waals surface area contributed by atoms with E-state index in [0.29, 0.717) is 12.4 Å². The van der Waals surface area contributed by atoms with Crippen LogP contribution in [0, 0.1) is 6.92 Å². The number of aryl methyl sites for hydroxylation is 1. The van der Waals surface area contributed by atoms with Gasteiger partial charge in [0.2, 0.25) is 0 Å². The number of benzene rings is 1. The quantitative estimate of drug-likeness (QED) is 0.903. The Morgan fingerprint density at radius 1 is 1.42 bits per heavy atom. The molecular weight excluding hydrogens is 264 g/mol. The van der Waals surface area contributed by atoms with Gasteiger partial charge in [0.05, 0.1) is 5.75 Å². The molecule has 0 fully saturated rings. The molecule has 0 bridgehead atoms. The second-order valence-corrected chi connectivity index (χ2v) is 7.06. The van der Waals surface area contributed by atoms with Crippen LogP contribution < -0.4 is 5.32 Å². The lowest BCUT2D eigenvalue weighted by molar-refractivity contribution is 0.559. The number of rotatable bonds is 5. The summed E-state index contributed by atoms with van der Waals surface area (Å²) >= 11 is 0. The molecule has 1 aromatic carbocycles. The molecule has 104 valence electrons. The van der Waals surface area contributed by atoms with Crippen LogP contribution in [0.25, 0.3) is 11.1 Å². The summed E-state index contributed by atoms with van der Waals surface area (Å²) in [7, 11) is -2.96. The maximum atomic E-state index is 11.2. The van der Waals surface area contributed by atoms with Crippen LogP contribution in [0.1, 0.15) is 18.4 Å². The Bertz CT molecular complexity index is 676. The van der Waals surface area contributed by atoms with E-state index in [1.165, 1.54) is 6.26 Å². The minimum atomic E-state index is -2.96. The number of hydrogen-bond donors (Lipinski definition) is 1. The molecule has 19 heavy (non-hydrogen) atoms. The average Bonchev–Trinajstić information content (AvgIpc) is 2.64. The van der Waals surface area contributed by atoms with Gasteiger partial charge in [-0.25, -0.2) is 13.4 Å². The van der Waals surface area contributed by atoms with Crippen LogP contribution >= 0.6 is 0 Å². The highest BCUT2D eigenvalue weighted by molar-refractivity contribution is 7.90. The predicted octanol–water partition coefficient (Wildman–Crippen LogP) is 1.66. The zero-order valence-corrected chi connectivity index (χ0v) is 12.1. The zero-order chi connectivity index (χ0) is 14.0. The Morgan fingerprint density at radius 3 is 2.84 bits per heavy atom. The van der Waals surface area contributed by atoms with Crippen LogP contribution in [0.5, 0.6) is 0 Å². The van der Waals surface area contributed by atoms with E-state index in [1.807, 2.05) is 32.0 Å². The highest BCUT2D eigenvalue weighted by Gasteiger charge is 2.12. The third-order valence-electron chi connectivity index (χ3n) is 2.80. The molecule has 1 unspecified atom stereocenters. The molecule has 0 saturated heterocycles. The van der Waals surface area contributed by atoms with Crippen LogP contribution in [-0.2, 0) is 16.4 Å². The van der Waals surface area contributed by atoms with E-state index < -0.39 is 9.84 Å². The van der Waals surface area contributed by atoms with Crippen molar-refractivity contribution in [1.82, 2.24) is 10.3 Å². The van der Waals surface area contributed by atoms with Gasteiger partial charge in [-0.1, -0.05) is 12.1 Å². The second-order valence-electron chi connectivity index (χ2n) is 4.87. The number of hydrogen-bond acceptors (Lipinski definition) is 5. The van der Waals surface area contributed by atoms with E-state index in [-0.39, 0.29) is 11.8 Å². The van der Waals surface area contributed by atoms with Crippen LogP contribution in [0.3, 0.4) is 0 Å². The Kier molecular flexibility index (Phi) is 3.91. The third-order valence-corrected chi connectivity index (χ3v) is 3.91. The second kappa shape index (κ2) is 5.30. The Balaban J connectivity index is 2.09. The lowest BCUT2D eigenvalue weighted by Crippen LogP contribution is -2.32. The van der Waals surface area contributed by atoms with Crippen molar-refractivity contribution in [1.29, 1.82) is 0 Å². The fourth-order valence-corrected chi connectivity index (χ4v) is 3.08. The Morgan fingerprint density at radius 2 is 2.16 bits per heavy atom. The monoisotopic (exact) mass is 282 g/mol. The predicted molar refractivity (Wildman–Crippen MR) is 74.8 cm³/mol. The van der Waals surface area contributed by atoms with Crippen molar-refractivity contribution in [2.24, 2.45) is 0 Å². The first kappa shape index (κ1) is 14.0. The maximum Gasteiger partial charge on any atom is 0.192 e. The van der Waals surface area contributed by atoms with Crippen LogP contribution in [-0.4, -0.2) is 31.5 Å². The summed E-state index contributed by atoms with van der Waals surface area (Å²) in [5.41, 5.74) is 2.60. The molecule has 6 heteroatoms. The molecule has 1 N–H and O–H groups in total. The fourth-order valence-electron chi connectivity index (χ4n) is 2.06. The highest BCUT2D eigenvalue weighted by Crippen LogP contribution is 2.19. The molecule has 0 aliphatic rings. The standard InChI is InChI=1S/C13H18N2O3S/c1-9(8-19(3,16)17)14-7-11-5-4-6-12-13(11)15-10(2)18-12/h4-6,9,14H,7-8H2,1-3H3. The van der Waals surface area contributed by atoms with Crippen LogP contribution in [0.2, 0.25) is 0 Å². The van der Waals surface area contributed by atoms with E-state index in [2.05, 4.69) is 10.3 Å². The molecule has 0 aliphatic heterocycles. The number of fused-ring (bicyclic) bond motifs is 1. The maximum absolute atomic E-state index is 11.2. The number of oxazole rings is 1. The normalized spacial score (nSPS) is 13.8. The van der Waals surface area contributed by atoms with Crippen LogP contribution in [0.15, 0.2) is 22.6 Å². The summed E-state index contributed by atoms with van der Waals surface area (Å²) in [6.45, 7) is 4.23. The molecule has 1 aromatic heterocycles. The van der Waals surface area contributed by atoms with E-state index in [9.17, 15) is 8.42 Å². The smallest absolute Gasteiger partial charge is 0.192 e. The Labute approximate surface area is 112 Å². The first-order valence-corrected chi connectivity index (χ1v) is 8.17. The van der Waals surface area contributed by atoms with Crippen molar-refractivity contribution in [3.8, 4) is 0 Å². The molecule has 0 spiro atoms. The molecule has 1 atom stereocenters. The summed E-state index contributed by atoms with van der Waals surface area (Å²) in [6, 6.07) is 5.65. The van der Waals surface area contributed by atoms with Gasteiger partial charge in [-0.2, -0.15) is 0 Å². The molecule has 2 aromatic rings. The molecule has 0 radical (unpaired) electrons. The van der Waals surface area contributed by atoms with Crippen molar-refractivity contribution < 1.29 is 12.8 Å². The molecule has 0 amide bonds. The SMILES string of the molecule is Cc1nc2c(CNC(C)CS(C)(=O)=O)cccc2o1. The Hall–Kier alpha value is -1.40. The average molecular weight is 282 g/mol. The first-order valence-electron chi connectivity index (χ1n) is 6.11. The number of para-hydroxylation sites is 1. The number of sulfone groups is 1. The van der Waals surface area contributed by atoms with Crippen LogP contribution in [0.4, 0.5) is 0 Å². The summed E-state index contributed by atoms with van der Waals surface area (Å²) in [5, 5.41) is 3.20. The number of nitrogens with zero attached hydrogens (tertiary/aromatic N) is 1. The third kappa shape index (κ3) is 3.78. The summed E-state index contributed by atoms with van der Waals surface area (Å²) < 4.78 is 27.9. The van der Waals surface area contributed by atoms with Gasteiger partial charge >= 0.3 is 0 Å². The van der Waals surface area contributed by atoms with Crippen molar-refractivity contribution in [3.63, 3.8) is 0 Å². The van der Waals surface area contributed by atoms with Gasteiger partial charge in [-0.15, -0.1) is 0 Å². The van der Waals surface area contributed by atoms with Gasteiger partial charge in [0.25, 0.3) is 0 Å². The van der Waals surface area contributed by atoms with Gasteiger partial charge in [-0.3, -0.25) is 0 Å². The van der Waals surface area contributed by atoms with Crippen molar-refractivity contribution in [3.05, 3.63) is 29.7 Å². The molecule has 1 heterocycles. The van der Waals surface area contributed by atoms with Gasteiger partial charge in [-0.05, 0) is 18.6 Å². The van der Waals surface area contributed by atoms with Crippen molar-refractivity contribution in [2.45, 2.75) is 26.4 Å². The van der Waals surface area contributed by atoms with E-state index in [4.69, 9.17) is 4.42 Å². The summed E-state index contributed by atoms with van der Waals surface area (Å²) in [6.07, 6.45) is 1.24. The molecule has 5 nitrogen and oxygen atoms in total. The van der Waals surface area contributed by atoms with Gasteiger partial charge < -0.3 is 9.73 Å². The lowest BCUT2D eigenvalue weighted by Gasteiger charge is -2.12. The highest BCUT2D eigenvalue weighted by atomic mass is 32.2. The van der Waals surface area contributed by atoms with Gasteiger partial charge in [0.1, 0.15) is 15.4 Å². The van der Waals surface area contributed by atoms with Gasteiger partial charge in [0.15, 0.2) is 11.5 Å². The summed E-state index contributed by atoms with van der Waals surface area (Å²) in [5.74, 6) is 0.757. The van der Waals surface area contributed by atoms with Crippen molar-refractivity contribution >= 4 is 20.9 Å². The minimum Gasteiger partial charge on any atom is -0.441 e. The minimum absolute atomic E-state index is 0.0988.